The summed E-state index contributed by atoms with van der Waals surface area (Å²) < 4.78 is 5.33. The lowest BCUT2D eigenvalue weighted by atomic mass is 9.89. The van der Waals surface area contributed by atoms with Crippen molar-refractivity contribution >= 4 is 5.97 Å². The van der Waals surface area contributed by atoms with E-state index in [2.05, 4.69) is 24.8 Å². The van der Waals surface area contributed by atoms with E-state index in [1.54, 1.807) is 0 Å². The Morgan fingerprint density at radius 3 is 2.90 bits per heavy atom. The summed E-state index contributed by atoms with van der Waals surface area (Å²) in [6.07, 6.45) is 1.16. The van der Waals surface area contributed by atoms with Gasteiger partial charge in [0.1, 0.15) is 0 Å². The monoisotopic (exact) mass is 293 g/mol. The highest BCUT2D eigenvalue weighted by molar-refractivity contribution is 5.97. The Bertz CT molecular complexity index is 609. The first-order valence-corrected chi connectivity index (χ1v) is 7.00. The van der Waals surface area contributed by atoms with Crippen LogP contribution in [0.5, 0.6) is 0 Å². The van der Waals surface area contributed by atoms with E-state index in [1.807, 2.05) is 6.92 Å². The molecule has 6 heteroatoms. The van der Waals surface area contributed by atoms with Gasteiger partial charge in [-0.05, 0) is 41.9 Å². The molecule has 21 heavy (non-hydrogen) atoms. The topological polar surface area (TPSA) is 83.3 Å². The maximum Gasteiger partial charge on any atom is 0.339 e. The zero-order valence-corrected chi connectivity index (χ0v) is 12.4. The molecule has 2 N–H and O–H groups in total. The van der Waals surface area contributed by atoms with Crippen LogP contribution in [0.15, 0.2) is 6.07 Å². The number of aryl methyl sites for hydroxylation is 1. The van der Waals surface area contributed by atoms with Crippen LogP contribution >= 0.6 is 0 Å². The van der Waals surface area contributed by atoms with Crippen molar-refractivity contribution in [3.8, 4) is 0 Å². The van der Waals surface area contributed by atoms with Crippen molar-refractivity contribution in [2.24, 2.45) is 5.41 Å². The Morgan fingerprint density at radius 2 is 2.24 bits per heavy atom. The van der Waals surface area contributed by atoms with E-state index in [0.717, 1.165) is 29.5 Å². The number of quaternary nitrogens is 1. The summed E-state index contributed by atoms with van der Waals surface area (Å²) in [5, 5.41) is 17.8. The fourth-order valence-electron chi connectivity index (χ4n) is 3.52. The minimum absolute atomic E-state index is 0.139. The van der Waals surface area contributed by atoms with Crippen molar-refractivity contribution in [2.75, 3.05) is 6.61 Å². The predicted molar refractivity (Wildman–Crippen MR) is 72.6 cm³/mol. The largest absolute Gasteiger partial charge is 0.566 e. The van der Waals surface area contributed by atoms with Crippen LogP contribution in [0.25, 0.3) is 0 Å². The lowest BCUT2D eigenvalue weighted by Gasteiger charge is -2.15. The average molecular weight is 293 g/mol. The maximum atomic E-state index is 12.2. The number of nitrogens with one attached hydrogen (secondary N) is 1. The van der Waals surface area contributed by atoms with Crippen molar-refractivity contribution in [1.29, 1.82) is 0 Å². The van der Waals surface area contributed by atoms with Crippen LogP contribution in [-0.2, 0) is 22.4 Å². The number of hydrogen-bond donors (Lipinski definition) is 2. The number of carbonyl (C=O) groups is 1. The summed E-state index contributed by atoms with van der Waals surface area (Å²) >= 11 is 0. The fraction of sp³-hybridized carbons (Fsp3) is 0.533. The van der Waals surface area contributed by atoms with Crippen molar-refractivity contribution in [3.05, 3.63) is 39.1 Å². The van der Waals surface area contributed by atoms with E-state index < -0.39 is 11.5 Å². The van der Waals surface area contributed by atoms with Gasteiger partial charge in [-0.3, -0.25) is 0 Å². The van der Waals surface area contributed by atoms with E-state index in [0.29, 0.717) is 5.56 Å². The van der Waals surface area contributed by atoms with Gasteiger partial charge in [-0.25, -0.2) is 4.79 Å². The molecule has 0 saturated carbocycles. The molecule has 1 aliphatic carbocycles. The molecule has 0 amide bonds. The van der Waals surface area contributed by atoms with Crippen molar-refractivity contribution in [2.45, 2.75) is 39.7 Å². The van der Waals surface area contributed by atoms with Gasteiger partial charge in [0.25, 0.3) is 0 Å². The standard InChI is InChI=1S/C15H19NO5/c1-8-4-9-5-15(2,3)6-10(9)13-12(8)11(21-14(13)17)7-20-16(18)19/h4,11,16,18H,5-7H2,1-3H3/t11-/m0/s1. The molecule has 1 aliphatic heterocycles. The minimum atomic E-state index is -1.36. The third-order valence-corrected chi connectivity index (χ3v) is 4.23. The number of fused-ring (bicyclic) bond motifs is 3. The van der Waals surface area contributed by atoms with Crippen LogP contribution in [0.4, 0.5) is 0 Å². The Labute approximate surface area is 122 Å². The zero-order chi connectivity index (χ0) is 15.4. The molecule has 0 fully saturated rings. The summed E-state index contributed by atoms with van der Waals surface area (Å²) in [6, 6.07) is 2.10. The molecule has 1 aromatic rings. The molecule has 1 unspecified atom stereocenters. The molecule has 114 valence electrons. The van der Waals surface area contributed by atoms with Crippen LogP contribution in [0.1, 0.15) is 52.6 Å². The van der Waals surface area contributed by atoms with Gasteiger partial charge >= 0.3 is 5.97 Å². The van der Waals surface area contributed by atoms with Gasteiger partial charge < -0.3 is 9.94 Å². The number of ether oxygens (including phenoxy) is 1. The van der Waals surface area contributed by atoms with Gasteiger partial charge in [-0.15, -0.1) is 0 Å². The highest BCUT2D eigenvalue weighted by Crippen LogP contribution is 2.44. The second-order valence-electron chi connectivity index (χ2n) is 6.61. The molecule has 0 spiro atoms. The molecule has 2 atom stereocenters. The second kappa shape index (κ2) is 4.78. The van der Waals surface area contributed by atoms with E-state index in [9.17, 15) is 10.0 Å². The number of benzene rings is 1. The quantitative estimate of drug-likeness (QED) is 0.642. The van der Waals surface area contributed by atoms with Crippen LogP contribution in [0.2, 0.25) is 0 Å². The van der Waals surface area contributed by atoms with Crippen LogP contribution in [0, 0.1) is 17.5 Å². The molecule has 3 rings (SSSR count). The van der Waals surface area contributed by atoms with E-state index in [-0.39, 0.29) is 18.0 Å². The summed E-state index contributed by atoms with van der Waals surface area (Å²) in [5.74, 6) is -0.360. The highest BCUT2D eigenvalue weighted by Gasteiger charge is 2.41. The van der Waals surface area contributed by atoms with E-state index in [4.69, 9.17) is 9.94 Å². The Kier molecular flexibility index (Phi) is 3.29. The lowest BCUT2D eigenvalue weighted by molar-refractivity contribution is -1.21. The SMILES string of the molecule is Cc1cc2c(c3c1[C@H](CO[NH+]([O-])O)OC3=O)CC(C)(C)C2. The number of hydrogen-bond acceptors (Lipinski definition) is 5. The molecule has 0 radical (unpaired) electrons. The number of cyclic esters (lactones) is 1. The fourth-order valence-corrected chi connectivity index (χ4v) is 3.52. The van der Waals surface area contributed by atoms with Gasteiger partial charge in [-0.1, -0.05) is 25.3 Å². The second-order valence-corrected chi connectivity index (χ2v) is 6.61. The first kappa shape index (κ1) is 14.5. The summed E-state index contributed by atoms with van der Waals surface area (Å²) in [7, 11) is 0. The first-order chi connectivity index (χ1) is 9.78. The van der Waals surface area contributed by atoms with Crippen LogP contribution in [0.3, 0.4) is 0 Å². The number of esters is 1. The average Bonchev–Trinajstić information content (AvgIpc) is 2.83. The van der Waals surface area contributed by atoms with Gasteiger partial charge in [0.05, 0.1) is 5.56 Å². The lowest BCUT2D eigenvalue weighted by Crippen LogP contribution is -3.03. The van der Waals surface area contributed by atoms with Crippen LogP contribution in [-0.4, -0.2) is 17.8 Å². The molecule has 1 aromatic carbocycles. The highest BCUT2D eigenvalue weighted by atomic mass is 17.1. The van der Waals surface area contributed by atoms with Gasteiger partial charge in [0.2, 0.25) is 0 Å². The molecule has 0 bridgehead atoms. The Morgan fingerprint density at radius 1 is 1.52 bits per heavy atom. The summed E-state index contributed by atoms with van der Waals surface area (Å²) in [4.78, 5) is 16.8. The Balaban J connectivity index is 2.02. The number of rotatable bonds is 3. The minimum Gasteiger partial charge on any atom is -0.566 e. The molecule has 2 aliphatic rings. The zero-order valence-electron chi connectivity index (χ0n) is 12.4. The van der Waals surface area contributed by atoms with Gasteiger partial charge in [0, 0.05) is 5.56 Å². The van der Waals surface area contributed by atoms with Gasteiger partial charge in [0.15, 0.2) is 12.7 Å². The van der Waals surface area contributed by atoms with Crippen LogP contribution < -0.4 is 5.39 Å². The number of carbonyl (C=O) groups excluding carboxylic acids is 1. The third kappa shape index (κ3) is 2.44. The van der Waals surface area contributed by atoms with Crippen molar-refractivity contribution in [3.63, 3.8) is 0 Å². The molecule has 1 heterocycles. The molecule has 0 saturated heterocycles. The third-order valence-electron chi connectivity index (χ3n) is 4.23. The molecule has 6 nitrogen and oxygen atoms in total. The van der Waals surface area contributed by atoms with E-state index in [1.165, 1.54) is 5.56 Å². The molecule has 0 aromatic heterocycles. The van der Waals surface area contributed by atoms with Crippen molar-refractivity contribution in [1.82, 2.24) is 0 Å². The summed E-state index contributed by atoms with van der Waals surface area (Å²) in [5.41, 5.74) is 4.79. The molecular weight excluding hydrogens is 274 g/mol. The Hall–Kier alpha value is -1.47. The van der Waals surface area contributed by atoms with Crippen molar-refractivity contribution < 1.29 is 25.0 Å². The summed E-state index contributed by atoms with van der Waals surface area (Å²) in [6.45, 7) is 6.14. The predicted octanol–water partition coefficient (Wildman–Crippen LogP) is 1.03. The smallest absolute Gasteiger partial charge is 0.339 e. The maximum absolute atomic E-state index is 12.2. The molecular formula is C15H19NO5. The van der Waals surface area contributed by atoms with Gasteiger partial charge in [-0.2, -0.15) is 10.0 Å². The van der Waals surface area contributed by atoms with E-state index >= 15 is 0 Å². The normalized spacial score (nSPS) is 23.7. The first-order valence-electron chi connectivity index (χ1n) is 7.00.